The third-order valence-corrected chi connectivity index (χ3v) is 3.85. The Hall–Kier alpha value is -1.87. The lowest BCUT2D eigenvalue weighted by Crippen LogP contribution is -2.54. The van der Waals surface area contributed by atoms with Gasteiger partial charge in [-0.05, 0) is 24.3 Å². The molecule has 1 aromatic carbocycles. The van der Waals surface area contributed by atoms with Gasteiger partial charge in [-0.1, -0.05) is 12.1 Å². The zero-order valence-electron chi connectivity index (χ0n) is 12.8. The van der Waals surface area contributed by atoms with Crippen LogP contribution < -0.4 is 5.32 Å². The average Bonchev–Trinajstić information content (AvgIpc) is 3.04. The molecule has 0 saturated carbocycles. The van der Waals surface area contributed by atoms with Crippen LogP contribution in [0.2, 0.25) is 0 Å². The van der Waals surface area contributed by atoms with Gasteiger partial charge in [-0.25, -0.2) is 0 Å². The third kappa shape index (κ3) is 3.78. The molecule has 2 aromatic rings. The van der Waals surface area contributed by atoms with E-state index >= 15 is 0 Å². The van der Waals surface area contributed by atoms with E-state index in [1.165, 1.54) is 29.0 Å². The van der Waals surface area contributed by atoms with Crippen LogP contribution in [0.25, 0.3) is 5.69 Å². The first-order chi connectivity index (χ1) is 11.4. The van der Waals surface area contributed by atoms with Crippen LogP contribution in [0.4, 0.5) is 13.2 Å². The van der Waals surface area contributed by atoms with Crippen molar-refractivity contribution in [2.75, 3.05) is 19.8 Å². The molecule has 0 saturated heterocycles. The lowest BCUT2D eigenvalue weighted by atomic mass is 10.0. The summed E-state index contributed by atoms with van der Waals surface area (Å²) < 4.78 is 40.9. The molecule has 0 bridgehead atoms. The predicted molar refractivity (Wildman–Crippen MR) is 81.6 cm³/mol. The Balaban J connectivity index is 2.32. The normalized spacial score (nSPS) is 12.6. The minimum absolute atomic E-state index is 0.0191. The minimum atomic E-state index is -4.49. The molecule has 24 heavy (non-hydrogen) atoms. The van der Waals surface area contributed by atoms with E-state index in [0.717, 1.165) is 6.07 Å². The van der Waals surface area contributed by atoms with Crippen molar-refractivity contribution < 1.29 is 28.5 Å². The van der Waals surface area contributed by atoms with Crippen LogP contribution in [0.3, 0.4) is 0 Å². The van der Waals surface area contributed by atoms with Gasteiger partial charge in [0.2, 0.25) is 0 Å². The van der Waals surface area contributed by atoms with Gasteiger partial charge in [0, 0.05) is 18.4 Å². The molecule has 0 aliphatic rings. The number of alkyl halides is 3. The summed E-state index contributed by atoms with van der Waals surface area (Å²) in [5.74, 6) is 0. The second-order valence-electron chi connectivity index (χ2n) is 5.49. The maximum atomic E-state index is 13.2. The smallest absolute Gasteiger partial charge is 0.394 e. The van der Waals surface area contributed by atoms with Gasteiger partial charge >= 0.3 is 6.18 Å². The van der Waals surface area contributed by atoms with E-state index in [0.29, 0.717) is 5.69 Å². The van der Waals surface area contributed by atoms with E-state index in [4.69, 9.17) is 0 Å². The van der Waals surface area contributed by atoms with Gasteiger partial charge in [0.25, 0.3) is 0 Å². The first-order valence-electron chi connectivity index (χ1n) is 7.27. The highest BCUT2D eigenvalue weighted by Crippen LogP contribution is 2.34. The summed E-state index contributed by atoms with van der Waals surface area (Å²) in [5.41, 5.74) is -1.60. The number of halogens is 3. The first kappa shape index (κ1) is 18.5. The Morgan fingerprint density at radius 2 is 1.54 bits per heavy atom. The molecule has 132 valence electrons. The van der Waals surface area contributed by atoms with Crippen molar-refractivity contribution in [1.29, 1.82) is 0 Å². The Morgan fingerprint density at radius 1 is 0.917 bits per heavy atom. The van der Waals surface area contributed by atoms with Crippen molar-refractivity contribution in [1.82, 2.24) is 9.88 Å². The fraction of sp³-hybridized carbons (Fsp3) is 0.375. The van der Waals surface area contributed by atoms with E-state index in [9.17, 15) is 28.5 Å². The lowest BCUT2D eigenvalue weighted by Gasteiger charge is -2.29. The van der Waals surface area contributed by atoms with Gasteiger partial charge in [-0.15, -0.1) is 0 Å². The van der Waals surface area contributed by atoms with Crippen LogP contribution in [0.1, 0.15) is 11.3 Å². The van der Waals surface area contributed by atoms with Gasteiger partial charge in [-0.3, -0.25) is 5.32 Å². The molecule has 0 amide bonds. The summed E-state index contributed by atoms with van der Waals surface area (Å²) in [6, 6.07) is 8.43. The molecule has 8 heteroatoms. The maximum absolute atomic E-state index is 13.2. The maximum Gasteiger partial charge on any atom is 0.418 e. The second kappa shape index (κ2) is 7.35. The Bertz CT molecular complexity index is 658. The van der Waals surface area contributed by atoms with Gasteiger partial charge in [-0.2, -0.15) is 13.2 Å². The first-order valence-corrected chi connectivity index (χ1v) is 7.27. The van der Waals surface area contributed by atoms with Gasteiger partial charge in [0.1, 0.15) is 0 Å². The van der Waals surface area contributed by atoms with Crippen LogP contribution in [0, 0.1) is 0 Å². The van der Waals surface area contributed by atoms with E-state index in [2.05, 4.69) is 5.32 Å². The number of para-hydroxylation sites is 1. The van der Waals surface area contributed by atoms with Crippen molar-refractivity contribution in [3.05, 3.63) is 53.9 Å². The summed E-state index contributed by atoms with van der Waals surface area (Å²) in [4.78, 5) is 0. The van der Waals surface area contributed by atoms with Gasteiger partial charge in [0.05, 0.1) is 36.6 Å². The molecule has 1 aromatic heterocycles. The lowest BCUT2D eigenvalue weighted by molar-refractivity contribution is -0.137. The highest BCUT2D eigenvalue weighted by molar-refractivity contribution is 5.44. The Labute approximate surface area is 137 Å². The third-order valence-electron chi connectivity index (χ3n) is 3.85. The van der Waals surface area contributed by atoms with Crippen LogP contribution in [0.5, 0.6) is 0 Å². The SMILES string of the molecule is OCC(CO)(CO)NCc1cccn1-c1ccccc1C(F)(F)F. The summed E-state index contributed by atoms with van der Waals surface area (Å²) >= 11 is 0. The molecular weight excluding hydrogens is 325 g/mol. The molecule has 0 aliphatic heterocycles. The Kier molecular flexibility index (Phi) is 5.66. The highest BCUT2D eigenvalue weighted by Gasteiger charge is 2.34. The van der Waals surface area contributed by atoms with Gasteiger partial charge < -0.3 is 19.9 Å². The largest absolute Gasteiger partial charge is 0.418 e. The number of benzene rings is 1. The molecule has 1 heterocycles. The Morgan fingerprint density at radius 3 is 2.12 bits per heavy atom. The standard InChI is InChI=1S/C16H19F3N2O3/c17-16(18,19)13-5-1-2-6-14(13)21-7-3-4-12(21)8-20-15(9-22,10-23)11-24/h1-7,20,22-24H,8-11H2. The molecule has 0 unspecified atom stereocenters. The molecule has 0 aliphatic carbocycles. The average molecular weight is 344 g/mol. The van der Waals surface area contributed by atoms with Crippen LogP contribution >= 0.6 is 0 Å². The topological polar surface area (TPSA) is 77.7 Å². The van der Waals surface area contributed by atoms with Crippen molar-refractivity contribution in [2.24, 2.45) is 0 Å². The van der Waals surface area contributed by atoms with Crippen molar-refractivity contribution in [3.8, 4) is 5.69 Å². The molecule has 0 radical (unpaired) electrons. The van der Waals surface area contributed by atoms with Crippen molar-refractivity contribution in [2.45, 2.75) is 18.3 Å². The van der Waals surface area contributed by atoms with E-state index < -0.39 is 37.1 Å². The molecule has 0 spiro atoms. The number of nitrogens with one attached hydrogen (secondary N) is 1. The fourth-order valence-electron chi connectivity index (χ4n) is 2.31. The molecule has 0 atom stereocenters. The van der Waals surface area contributed by atoms with Crippen LogP contribution in [-0.2, 0) is 12.7 Å². The number of aromatic nitrogens is 1. The summed E-state index contributed by atoms with van der Waals surface area (Å²) in [7, 11) is 0. The van der Waals surface area contributed by atoms with E-state index in [1.807, 2.05) is 0 Å². The zero-order chi connectivity index (χ0) is 17.8. The minimum Gasteiger partial charge on any atom is -0.394 e. The number of hydrogen-bond donors (Lipinski definition) is 4. The summed E-state index contributed by atoms with van der Waals surface area (Å²) in [6.45, 7) is -1.49. The fourth-order valence-corrected chi connectivity index (χ4v) is 2.31. The van der Waals surface area contributed by atoms with E-state index in [-0.39, 0.29) is 12.2 Å². The molecule has 5 nitrogen and oxygen atoms in total. The number of nitrogens with zero attached hydrogens (tertiary/aromatic N) is 1. The van der Waals surface area contributed by atoms with Crippen molar-refractivity contribution >= 4 is 0 Å². The number of aliphatic hydroxyl groups is 3. The highest BCUT2D eigenvalue weighted by atomic mass is 19.4. The molecule has 4 N–H and O–H groups in total. The quantitative estimate of drug-likeness (QED) is 0.611. The van der Waals surface area contributed by atoms with E-state index in [1.54, 1.807) is 12.1 Å². The molecule has 2 rings (SSSR count). The number of aliphatic hydroxyl groups excluding tert-OH is 3. The number of hydrogen-bond acceptors (Lipinski definition) is 4. The van der Waals surface area contributed by atoms with Crippen LogP contribution in [0.15, 0.2) is 42.6 Å². The molecular formula is C16H19F3N2O3. The predicted octanol–water partition coefficient (Wildman–Crippen LogP) is 1.30. The zero-order valence-corrected chi connectivity index (χ0v) is 12.8. The summed E-state index contributed by atoms with van der Waals surface area (Å²) in [6.07, 6.45) is -2.99. The van der Waals surface area contributed by atoms with Crippen LogP contribution in [-0.4, -0.2) is 45.2 Å². The summed E-state index contributed by atoms with van der Waals surface area (Å²) in [5, 5.41) is 30.7. The molecule has 0 fully saturated rings. The van der Waals surface area contributed by atoms with Crippen molar-refractivity contribution in [3.63, 3.8) is 0 Å². The van der Waals surface area contributed by atoms with Gasteiger partial charge in [0.15, 0.2) is 0 Å². The number of rotatable bonds is 7. The monoisotopic (exact) mass is 344 g/mol. The second-order valence-corrected chi connectivity index (χ2v) is 5.49.